The molecule has 2 aliphatic rings. The van der Waals surface area contributed by atoms with Gasteiger partial charge in [-0.25, -0.2) is 0 Å². The van der Waals surface area contributed by atoms with Gasteiger partial charge in [-0.2, -0.15) is 0 Å². The topological polar surface area (TPSA) is 0 Å². The van der Waals surface area contributed by atoms with E-state index in [9.17, 15) is 0 Å². The molecule has 14 heteroatoms. The monoisotopic (exact) mass is 614 g/mol. The van der Waals surface area contributed by atoms with E-state index in [0.29, 0.717) is 0 Å². The molecule has 0 aromatic heterocycles. The molecule has 0 N–H and O–H groups in total. The van der Waals surface area contributed by atoms with Crippen molar-refractivity contribution in [3.05, 3.63) is 0 Å². The first-order valence-electron chi connectivity index (χ1n) is 5.76. The zero-order valence-corrected chi connectivity index (χ0v) is 21.5. The van der Waals surface area contributed by atoms with Crippen LogP contribution in [0.3, 0.4) is 0 Å². The quantitative estimate of drug-likeness (QED) is 0.238. The third kappa shape index (κ3) is 2.26. The number of alkyl halides is 14. The summed E-state index contributed by atoms with van der Waals surface area (Å²) < 4.78 is -14.1. The molecule has 2 saturated carbocycles. The maximum atomic E-state index is 6.68. The average molecular weight is 620 g/mol. The van der Waals surface area contributed by atoms with Crippen LogP contribution in [0, 0.1) is 5.92 Å². The average Bonchev–Trinajstić information content (AvgIpc) is 2.42. The van der Waals surface area contributed by atoms with Crippen LogP contribution < -0.4 is 0 Å². The number of hydrogen-bond donors (Lipinski definition) is 0. The molecule has 0 amide bonds. The van der Waals surface area contributed by atoms with Crippen molar-refractivity contribution < 1.29 is 0 Å². The molecule has 0 bridgehead atoms. The van der Waals surface area contributed by atoms with Gasteiger partial charge in [0.2, 0.25) is 0 Å². The van der Waals surface area contributed by atoms with Crippen molar-refractivity contribution >= 4 is 162 Å². The Balaban J connectivity index is 3.02. The Bertz CT molecular complexity index is 574. The molecule has 0 radical (unpaired) electrons. The first-order chi connectivity index (χ1) is 10.1. The Morgan fingerprint density at radius 3 is 1.17 bits per heavy atom. The zero-order valence-electron chi connectivity index (χ0n) is 10.9. The lowest BCUT2D eigenvalue weighted by molar-refractivity contribution is 0.219. The molecule has 0 heterocycles. The molecule has 3 unspecified atom stereocenters. The number of rotatable bonds is 0. The molecule has 0 aromatic carbocycles. The summed E-state index contributed by atoms with van der Waals surface area (Å²) in [6, 6.07) is 0. The fraction of sp³-hybridized carbons (Fsp3) is 1.00. The van der Waals surface area contributed by atoms with Crippen molar-refractivity contribution in [2.24, 2.45) is 5.92 Å². The summed E-state index contributed by atoms with van der Waals surface area (Å²) in [6.45, 7) is 1.32. The van der Waals surface area contributed by atoms with E-state index in [2.05, 4.69) is 0 Å². The molecule has 3 atom stereocenters. The second-order valence-electron chi connectivity index (χ2n) is 5.72. The van der Waals surface area contributed by atoms with Crippen LogP contribution in [0.25, 0.3) is 0 Å². The highest BCUT2D eigenvalue weighted by Gasteiger charge is 2.95. The lowest BCUT2D eigenvalue weighted by atomic mass is 9.74. The number of hydrogen-bond acceptors (Lipinski definition) is 0. The highest BCUT2D eigenvalue weighted by Crippen LogP contribution is 2.84. The van der Waals surface area contributed by atoms with Crippen molar-refractivity contribution in [1.82, 2.24) is 0 Å². The van der Waals surface area contributed by atoms with Crippen LogP contribution in [-0.2, 0) is 0 Å². The first kappa shape index (κ1) is 24.3. The van der Waals surface area contributed by atoms with Crippen molar-refractivity contribution in [2.45, 2.75) is 42.7 Å². The van der Waals surface area contributed by atoms with Crippen molar-refractivity contribution in [2.75, 3.05) is 0 Å². The van der Waals surface area contributed by atoms with Gasteiger partial charge in [-0.15, -0.1) is 23.2 Å². The summed E-state index contributed by atoms with van der Waals surface area (Å²) in [5.74, 6) is -1.48. The molecule has 0 spiro atoms. The fourth-order valence-electron chi connectivity index (χ4n) is 3.06. The summed E-state index contributed by atoms with van der Waals surface area (Å²) in [5.41, 5.74) is 0. The standard InChI is InChI=1S/C10H4Cl14/c1-3(11)2-4(12,7(17,18)6(3,15)16)8(19,20)10(23,24)9(21,22)5(2,13)14/h2H,1H3. The van der Waals surface area contributed by atoms with Gasteiger partial charge >= 0.3 is 0 Å². The van der Waals surface area contributed by atoms with Crippen LogP contribution in [-0.4, -0.2) is 35.7 Å². The Morgan fingerprint density at radius 2 is 0.792 bits per heavy atom. The van der Waals surface area contributed by atoms with Gasteiger partial charge in [0, 0.05) is 5.92 Å². The lowest BCUT2D eigenvalue weighted by Gasteiger charge is -2.62. The van der Waals surface area contributed by atoms with E-state index in [1.54, 1.807) is 0 Å². The molecule has 0 saturated heterocycles. The molecule has 0 aromatic rings. The Labute approximate surface area is 208 Å². The van der Waals surface area contributed by atoms with Gasteiger partial charge in [0.1, 0.15) is 4.87 Å². The van der Waals surface area contributed by atoms with Crippen molar-refractivity contribution in [1.29, 1.82) is 0 Å². The molecule has 142 valence electrons. The smallest absolute Gasteiger partial charge is 0.116 e. The van der Waals surface area contributed by atoms with E-state index in [1.165, 1.54) is 6.92 Å². The van der Waals surface area contributed by atoms with Gasteiger partial charge in [0.15, 0.2) is 26.0 Å². The van der Waals surface area contributed by atoms with Gasteiger partial charge in [0.25, 0.3) is 0 Å². The van der Waals surface area contributed by atoms with E-state index >= 15 is 0 Å². The number of fused-ring (bicyclic) bond motifs is 1. The van der Waals surface area contributed by atoms with Crippen LogP contribution in [0.15, 0.2) is 0 Å². The predicted octanol–water partition coefficient (Wildman–Crippen LogP) is 8.65. The highest BCUT2D eigenvalue weighted by atomic mass is 35.6. The van der Waals surface area contributed by atoms with E-state index in [-0.39, 0.29) is 0 Å². The van der Waals surface area contributed by atoms with Gasteiger partial charge < -0.3 is 0 Å². The molecular weight excluding hydrogens is 616 g/mol. The summed E-state index contributed by atoms with van der Waals surface area (Å²) in [6.07, 6.45) is 0. The van der Waals surface area contributed by atoms with Crippen LogP contribution in [0.2, 0.25) is 0 Å². The largest absolute Gasteiger partial charge is 0.188 e. The number of halogens is 14. The van der Waals surface area contributed by atoms with Crippen LogP contribution in [0.1, 0.15) is 6.92 Å². The second-order valence-corrected chi connectivity index (χ2v) is 15.1. The van der Waals surface area contributed by atoms with Gasteiger partial charge in [0.05, 0.1) is 4.87 Å². The maximum absolute atomic E-state index is 6.68. The second kappa shape index (κ2) is 6.06. The third-order valence-electron chi connectivity index (χ3n) is 4.43. The minimum absolute atomic E-state index is 1.32. The van der Waals surface area contributed by atoms with Crippen LogP contribution in [0.4, 0.5) is 0 Å². The van der Waals surface area contributed by atoms with Gasteiger partial charge in [-0.05, 0) is 6.92 Å². The van der Waals surface area contributed by atoms with E-state index < -0.39 is 41.7 Å². The van der Waals surface area contributed by atoms with Crippen molar-refractivity contribution in [3.8, 4) is 0 Å². The fourth-order valence-corrected chi connectivity index (χ4v) is 9.68. The molecular formula is C10H4Cl14. The Hall–Kier alpha value is 4.06. The predicted molar refractivity (Wildman–Crippen MR) is 113 cm³/mol. The van der Waals surface area contributed by atoms with E-state index in [0.717, 1.165) is 0 Å². The first-order valence-corrected chi connectivity index (χ1v) is 11.1. The SMILES string of the molecule is CC1(Cl)C2C(Cl)(Cl)C(Cl)(Cl)C(Cl)(Cl)C(Cl)(Cl)C2(Cl)C(Cl)(Cl)C1(Cl)Cl. The summed E-state index contributed by atoms with van der Waals surface area (Å²) >= 11 is 89.3. The highest BCUT2D eigenvalue weighted by molar-refractivity contribution is 6.78. The third-order valence-corrected chi connectivity index (χ3v) is 14.8. The maximum Gasteiger partial charge on any atom is 0.188 e. The van der Waals surface area contributed by atoms with Crippen molar-refractivity contribution in [3.63, 3.8) is 0 Å². The molecule has 0 aliphatic heterocycles. The normalized spacial score (nSPS) is 46.4. The lowest BCUT2D eigenvalue weighted by Crippen LogP contribution is -2.78. The van der Waals surface area contributed by atoms with Crippen LogP contribution in [0.5, 0.6) is 0 Å². The molecule has 2 aliphatic carbocycles. The molecule has 2 fully saturated rings. The Kier molecular flexibility index (Phi) is 6.15. The molecule has 24 heavy (non-hydrogen) atoms. The summed E-state index contributed by atoms with van der Waals surface area (Å²) in [4.78, 5) is -4.11. The van der Waals surface area contributed by atoms with Crippen LogP contribution >= 0.6 is 162 Å². The minimum atomic E-state index is -2.48. The van der Waals surface area contributed by atoms with E-state index in [4.69, 9.17) is 162 Å². The summed E-state index contributed by atoms with van der Waals surface area (Å²) in [5, 5.41) is 0. The van der Waals surface area contributed by atoms with E-state index in [1.807, 2.05) is 0 Å². The summed E-state index contributed by atoms with van der Waals surface area (Å²) in [7, 11) is 0. The van der Waals surface area contributed by atoms with Gasteiger partial charge in [-0.3, -0.25) is 0 Å². The molecule has 2 rings (SSSR count). The zero-order chi connectivity index (χ0) is 19.6. The minimum Gasteiger partial charge on any atom is -0.116 e. The Morgan fingerprint density at radius 1 is 0.458 bits per heavy atom. The van der Waals surface area contributed by atoms with Gasteiger partial charge in [-0.1, -0.05) is 139 Å². The molecule has 0 nitrogen and oxygen atoms in total.